The number of hydrogen-bond donors (Lipinski definition) is 1. The lowest BCUT2D eigenvalue weighted by Gasteiger charge is -2.32. The number of nitrogens with zero attached hydrogens (tertiary/aromatic N) is 2. The summed E-state index contributed by atoms with van der Waals surface area (Å²) in [6.45, 7) is 9.54. The third-order valence-electron chi connectivity index (χ3n) is 5.89. The van der Waals surface area contributed by atoms with Crippen molar-refractivity contribution in [1.29, 1.82) is 0 Å². The molecule has 0 heterocycles. The van der Waals surface area contributed by atoms with E-state index in [0.29, 0.717) is 18.0 Å². The molecule has 0 fully saturated rings. The summed E-state index contributed by atoms with van der Waals surface area (Å²) in [5.74, 6) is 0.159. The van der Waals surface area contributed by atoms with Gasteiger partial charge >= 0.3 is 0 Å². The maximum Gasteiger partial charge on any atom is 0.244 e. The SMILES string of the molecule is COc1ccc(CN(C(=O)CN(c2cccc(C)c2C)S(C)(=O)=O)[C@@H](C)C(=O)NCC(C)C)cc1. The maximum atomic E-state index is 13.6. The first-order valence-corrected chi connectivity index (χ1v) is 13.4. The van der Waals surface area contributed by atoms with Crippen molar-refractivity contribution in [2.24, 2.45) is 5.92 Å². The number of amides is 2. The van der Waals surface area contributed by atoms with Crippen LogP contribution in [0.3, 0.4) is 0 Å². The standard InChI is InChI=1S/C26H37N3O5S/c1-18(2)15-27-26(31)21(5)28(16-22-11-13-23(34-6)14-12-22)25(30)17-29(35(7,32)33)24-10-8-9-19(3)20(24)4/h8-14,18,21H,15-17H2,1-7H3,(H,27,31)/t21-/m0/s1. The number of nitrogens with one attached hydrogen (secondary N) is 1. The Bertz CT molecular complexity index is 1130. The highest BCUT2D eigenvalue weighted by molar-refractivity contribution is 7.92. The van der Waals surface area contributed by atoms with Crippen LogP contribution in [0.15, 0.2) is 42.5 Å². The number of hydrogen-bond acceptors (Lipinski definition) is 5. The Kier molecular flexibility index (Phi) is 9.71. The molecule has 0 saturated carbocycles. The smallest absolute Gasteiger partial charge is 0.244 e. The van der Waals surface area contributed by atoms with Gasteiger partial charge in [0.1, 0.15) is 18.3 Å². The molecule has 1 atom stereocenters. The van der Waals surface area contributed by atoms with Gasteiger partial charge in [-0.15, -0.1) is 0 Å². The van der Waals surface area contributed by atoms with E-state index >= 15 is 0 Å². The van der Waals surface area contributed by atoms with E-state index in [-0.39, 0.29) is 18.4 Å². The number of methoxy groups -OCH3 is 1. The monoisotopic (exact) mass is 503 g/mol. The van der Waals surface area contributed by atoms with E-state index in [4.69, 9.17) is 4.74 Å². The fourth-order valence-electron chi connectivity index (χ4n) is 3.56. The average Bonchev–Trinajstić information content (AvgIpc) is 2.80. The molecule has 0 saturated heterocycles. The Morgan fingerprint density at radius 2 is 1.66 bits per heavy atom. The zero-order valence-electron chi connectivity index (χ0n) is 21.7. The van der Waals surface area contributed by atoms with E-state index in [1.54, 1.807) is 38.3 Å². The van der Waals surface area contributed by atoms with Gasteiger partial charge in [-0.05, 0) is 61.6 Å². The van der Waals surface area contributed by atoms with Gasteiger partial charge in [0.15, 0.2) is 0 Å². The van der Waals surface area contributed by atoms with Gasteiger partial charge in [0.05, 0.1) is 19.1 Å². The van der Waals surface area contributed by atoms with Gasteiger partial charge in [-0.3, -0.25) is 13.9 Å². The van der Waals surface area contributed by atoms with Gasteiger partial charge in [0, 0.05) is 13.1 Å². The fourth-order valence-corrected chi connectivity index (χ4v) is 4.46. The molecule has 0 unspecified atom stereocenters. The summed E-state index contributed by atoms with van der Waals surface area (Å²) >= 11 is 0. The summed E-state index contributed by atoms with van der Waals surface area (Å²) in [5, 5.41) is 2.87. The molecule has 192 valence electrons. The molecule has 1 N–H and O–H groups in total. The molecule has 2 rings (SSSR count). The Morgan fingerprint density at radius 1 is 1.03 bits per heavy atom. The lowest BCUT2D eigenvalue weighted by atomic mass is 10.1. The highest BCUT2D eigenvalue weighted by Crippen LogP contribution is 2.25. The molecule has 0 spiro atoms. The van der Waals surface area contributed by atoms with Gasteiger partial charge in [-0.1, -0.05) is 38.1 Å². The second-order valence-electron chi connectivity index (χ2n) is 9.17. The van der Waals surface area contributed by atoms with Crippen LogP contribution in [-0.2, 0) is 26.2 Å². The fraction of sp³-hybridized carbons (Fsp3) is 0.462. The topological polar surface area (TPSA) is 96.0 Å². The number of aryl methyl sites for hydroxylation is 1. The number of carbonyl (C=O) groups excluding carboxylic acids is 2. The van der Waals surface area contributed by atoms with Crippen LogP contribution in [0.25, 0.3) is 0 Å². The van der Waals surface area contributed by atoms with Crippen LogP contribution in [0.4, 0.5) is 5.69 Å². The van der Waals surface area contributed by atoms with Crippen molar-refractivity contribution < 1.29 is 22.7 Å². The first-order chi connectivity index (χ1) is 16.3. The summed E-state index contributed by atoms with van der Waals surface area (Å²) in [5.41, 5.74) is 2.93. The lowest BCUT2D eigenvalue weighted by molar-refractivity contribution is -0.139. The Labute approximate surface area is 209 Å². The highest BCUT2D eigenvalue weighted by atomic mass is 32.2. The molecule has 0 radical (unpaired) electrons. The third kappa shape index (κ3) is 7.71. The van der Waals surface area contributed by atoms with Crippen LogP contribution in [0, 0.1) is 19.8 Å². The minimum atomic E-state index is -3.77. The van der Waals surface area contributed by atoms with Crippen molar-refractivity contribution in [3.8, 4) is 5.75 Å². The maximum absolute atomic E-state index is 13.6. The number of ether oxygens (including phenoxy) is 1. The predicted molar refractivity (Wildman–Crippen MR) is 139 cm³/mol. The van der Waals surface area contributed by atoms with Crippen LogP contribution in [-0.4, -0.2) is 57.6 Å². The molecule has 2 aromatic rings. The number of carbonyl (C=O) groups is 2. The molecule has 0 aromatic heterocycles. The molecule has 9 heteroatoms. The molecule has 0 aliphatic carbocycles. The summed E-state index contributed by atoms with van der Waals surface area (Å²) in [7, 11) is -2.20. The Hall–Kier alpha value is -3.07. The van der Waals surface area contributed by atoms with E-state index < -0.39 is 28.5 Å². The predicted octanol–water partition coefficient (Wildman–Crippen LogP) is 3.27. The molecule has 35 heavy (non-hydrogen) atoms. The molecule has 2 amide bonds. The molecule has 0 bridgehead atoms. The third-order valence-corrected chi connectivity index (χ3v) is 7.01. The van der Waals surface area contributed by atoms with Crippen LogP contribution in [0.5, 0.6) is 5.75 Å². The van der Waals surface area contributed by atoms with E-state index in [1.807, 2.05) is 45.9 Å². The van der Waals surface area contributed by atoms with Gasteiger partial charge in [-0.25, -0.2) is 8.42 Å². The van der Waals surface area contributed by atoms with Crippen LogP contribution < -0.4 is 14.4 Å². The lowest BCUT2D eigenvalue weighted by Crippen LogP contribution is -2.51. The molecular weight excluding hydrogens is 466 g/mol. The van der Waals surface area contributed by atoms with Crippen molar-refractivity contribution >= 4 is 27.5 Å². The van der Waals surface area contributed by atoms with E-state index in [0.717, 1.165) is 27.3 Å². The zero-order valence-corrected chi connectivity index (χ0v) is 22.5. The first kappa shape index (κ1) is 28.2. The van der Waals surface area contributed by atoms with Crippen molar-refractivity contribution in [1.82, 2.24) is 10.2 Å². The summed E-state index contributed by atoms with van der Waals surface area (Å²) in [6.07, 6.45) is 1.08. The summed E-state index contributed by atoms with van der Waals surface area (Å²) in [6, 6.07) is 11.7. The largest absolute Gasteiger partial charge is 0.497 e. The first-order valence-electron chi connectivity index (χ1n) is 11.6. The number of anilines is 1. The second kappa shape index (κ2) is 12.1. The molecule has 2 aromatic carbocycles. The van der Waals surface area contributed by atoms with Crippen molar-refractivity contribution in [3.63, 3.8) is 0 Å². The van der Waals surface area contributed by atoms with Gasteiger partial charge in [0.25, 0.3) is 0 Å². The summed E-state index contributed by atoms with van der Waals surface area (Å²) < 4.78 is 31.8. The molecule has 0 aliphatic rings. The quantitative estimate of drug-likeness (QED) is 0.508. The molecule has 8 nitrogen and oxygen atoms in total. The van der Waals surface area contributed by atoms with Crippen molar-refractivity contribution in [3.05, 3.63) is 59.2 Å². The van der Waals surface area contributed by atoms with Gasteiger partial charge in [0.2, 0.25) is 21.8 Å². The normalized spacial score (nSPS) is 12.2. The van der Waals surface area contributed by atoms with Crippen molar-refractivity contribution in [2.75, 3.05) is 30.8 Å². The molecular formula is C26H37N3O5S. The zero-order chi connectivity index (χ0) is 26.3. The van der Waals surface area contributed by atoms with Crippen LogP contribution in [0.1, 0.15) is 37.5 Å². The second-order valence-corrected chi connectivity index (χ2v) is 11.1. The van der Waals surface area contributed by atoms with Crippen molar-refractivity contribution in [2.45, 2.75) is 47.2 Å². The number of benzene rings is 2. The van der Waals surface area contributed by atoms with E-state index in [2.05, 4.69) is 5.32 Å². The van der Waals surface area contributed by atoms with E-state index in [9.17, 15) is 18.0 Å². The minimum absolute atomic E-state index is 0.142. The van der Waals surface area contributed by atoms with Gasteiger partial charge in [-0.2, -0.15) is 0 Å². The average molecular weight is 504 g/mol. The number of rotatable bonds is 11. The number of sulfonamides is 1. The Morgan fingerprint density at radius 3 is 2.20 bits per heavy atom. The highest BCUT2D eigenvalue weighted by Gasteiger charge is 2.30. The summed E-state index contributed by atoms with van der Waals surface area (Å²) in [4.78, 5) is 27.9. The minimum Gasteiger partial charge on any atom is -0.497 e. The van der Waals surface area contributed by atoms with Crippen LogP contribution in [0.2, 0.25) is 0 Å². The van der Waals surface area contributed by atoms with E-state index in [1.165, 1.54) is 4.90 Å². The Balaban J connectivity index is 2.40. The molecule has 0 aliphatic heterocycles. The van der Waals surface area contributed by atoms with Gasteiger partial charge < -0.3 is 15.0 Å². The van der Waals surface area contributed by atoms with Crippen LogP contribution >= 0.6 is 0 Å².